The smallest absolute Gasteiger partial charge is 0.249 e. The van der Waals surface area contributed by atoms with E-state index < -0.39 is 12.6 Å². The van der Waals surface area contributed by atoms with Crippen LogP contribution in [-0.2, 0) is 6.67 Å². The zero-order valence-corrected chi connectivity index (χ0v) is 13.1. The molecule has 2 atom stereocenters. The van der Waals surface area contributed by atoms with Gasteiger partial charge in [-0.25, -0.2) is 4.39 Å². The van der Waals surface area contributed by atoms with Crippen molar-refractivity contribution in [2.24, 2.45) is 11.7 Å². The molecule has 1 aromatic carbocycles. The molecular formula is C17H23FN2O2. The number of primary amides is 1. The summed E-state index contributed by atoms with van der Waals surface area (Å²) in [5, 5.41) is 3.23. The summed E-state index contributed by atoms with van der Waals surface area (Å²) < 4.78 is 13.6. The molecule has 1 saturated heterocycles. The minimum absolute atomic E-state index is 0.00937. The van der Waals surface area contributed by atoms with Gasteiger partial charge < -0.3 is 11.1 Å². The predicted octanol–water partition coefficient (Wildman–Crippen LogP) is 2.56. The fourth-order valence-corrected chi connectivity index (χ4v) is 3.07. The molecule has 0 radical (unpaired) electrons. The molecule has 4 nitrogen and oxygen atoms in total. The maximum atomic E-state index is 13.6. The van der Waals surface area contributed by atoms with Crippen molar-refractivity contribution in [3.05, 3.63) is 34.4 Å². The molecule has 2 rings (SSSR count). The molecule has 1 amide bonds. The molecule has 120 valence electrons. The highest BCUT2D eigenvalue weighted by molar-refractivity contribution is 6.02. The number of halogens is 1. The van der Waals surface area contributed by atoms with Crippen LogP contribution in [0.3, 0.4) is 0 Å². The van der Waals surface area contributed by atoms with Crippen molar-refractivity contribution >= 4 is 11.7 Å². The molecule has 0 spiro atoms. The Labute approximate surface area is 130 Å². The second kappa shape index (κ2) is 7.01. The van der Waals surface area contributed by atoms with Gasteiger partial charge in [0.15, 0.2) is 5.78 Å². The molecule has 22 heavy (non-hydrogen) atoms. The summed E-state index contributed by atoms with van der Waals surface area (Å²) >= 11 is 0. The van der Waals surface area contributed by atoms with E-state index in [1.807, 2.05) is 13.8 Å². The molecule has 5 heteroatoms. The normalized spacial score (nSPS) is 19.1. The average molecular weight is 306 g/mol. The fraction of sp³-hybridized carbons (Fsp3) is 0.529. The molecule has 1 fully saturated rings. The Hall–Kier alpha value is -1.75. The number of carbonyl (C=O) groups excluding carboxylic acids is 2. The van der Waals surface area contributed by atoms with Gasteiger partial charge in [0, 0.05) is 23.6 Å². The zero-order valence-electron chi connectivity index (χ0n) is 13.1. The number of benzene rings is 1. The molecule has 0 aliphatic carbocycles. The van der Waals surface area contributed by atoms with Gasteiger partial charge in [0.1, 0.15) is 6.67 Å². The van der Waals surface area contributed by atoms with Crippen molar-refractivity contribution in [2.45, 2.75) is 39.3 Å². The van der Waals surface area contributed by atoms with Crippen LogP contribution in [0.2, 0.25) is 0 Å². The van der Waals surface area contributed by atoms with Gasteiger partial charge in [0.05, 0.1) is 0 Å². The highest BCUT2D eigenvalue weighted by Crippen LogP contribution is 2.33. The number of rotatable bonds is 6. The largest absolute Gasteiger partial charge is 0.366 e. The molecule has 3 N–H and O–H groups in total. The molecule has 0 saturated carbocycles. The number of Topliss-reactive ketones (excluding diaryl/α,β-unsaturated/α-hetero) is 1. The summed E-state index contributed by atoms with van der Waals surface area (Å²) in [6.45, 7) is 4.55. The summed E-state index contributed by atoms with van der Waals surface area (Å²) in [5.74, 6) is -0.717. The summed E-state index contributed by atoms with van der Waals surface area (Å²) in [5.41, 5.74) is 7.05. The molecule has 0 aromatic heterocycles. The number of amides is 1. The Morgan fingerprint density at radius 1 is 1.41 bits per heavy atom. The Balaban J connectivity index is 2.62. The van der Waals surface area contributed by atoms with Gasteiger partial charge in [-0.1, -0.05) is 19.9 Å². The molecule has 1 aromatic rings. The lowest BCUT2D eigenvalue weighted by Gasteiger charge is -2.21. The van der Waals surface area contributed by atoms with Crippen LogP contribution in [0, 0.1) is 5.92 Å². The highest BCUT2D eigenvalue weighted by Gasteiger charge is 2.29. The number of nitrogens with one attached hydrogen (secondary N) is 1. The van der Waals surface area contributed by atoms with E-state index in [2.05, 4.69) is 5.32 Å². The molecule has 1 aliphatic heterocycles. The SMILES string of the molecule is CCC(C)C(=O)c1ccc(C(N)=O)c(CF)c1C1CCNC1. The lowest BCUT2D eigenvalue weighted by Crippen LogP contribution is -2.21. The summed E-state index contributed by atoms with van der Waals surface area (Å²) in [4.78, 5) is 24.2. The van der Waals surface area contributed by atoms with Crippen molar-refractivity contribution in [2.75, 3.05) is 13.1 Å². The van der Waals surface area contributed by atoms with E-state index in [1.54, 1.807) is 6.07 Å². The number of carbonyl (C=O) groups is 2. The van der Waals surface area contributed by atoms with E-state index in [1.165, 1.54) is 6.07 Å². The van der Waals surface area contributed by atoms with Gasteiger partial charge in [0.25, 0.3) is 0 Å². The van der Waals surface area contributed by atoms with Crippen molar-refractivity contribution in [1.29, 1.82) is 0 Å². The highest BCUT2D eigenvalue weighted by atomic mass is 19.1. The lowest BCUT2D eigenvalue weighted by atomic mass is 9.82. The van der Waals surface area contributed by atoms with Gasteiger partial charge in [-0.05, 0) is 42.5 Å². The van der Waals surface area contributed by atoms with Crippen LogP contribution in [0.15, 0.2) is 12.1 Å². The minimum atomic E-state index is -0.786. The van der Waals surface area contributed by atoms with Gasteiger partial charge in [-0.15, -0.1) is 0 Å². The first-order valence-corrected chi connectivity index (χ1v) is 7.77. The summed E-state index contributed by atoms with van der Waals surface area (Å²) in [7, 11) is 0. The maximum absolute atomic E-state index is 13.6. The second-order valence-electron chi connectivity index (χ2n) is 5.91. The Morgan fingerprint density at radius 3 is 2.59 bits per heavy atom. The van der Waals surface area contributed by atoms with Gasteiger partial charge in [-0.3, -0.25) is 9.59 Å². The van der Waals surface area contributed by atoms with Crippen molar-refractivity contribution in [3.63, 3.8) is 0 Å². The van der Waals surface area contributed by atoms with Crippen molar-refractivity contribution in [1.82, 2.24) is 5.32 Å². The second-order valence-corrected chi connectivity index (χ2v) is 5.91. The van der Waals surface area contributed by atoms with Crippen LogP contribution in [0.5, 0.6) is 0 Å². The average Bonchev–Trinajstić information content (AvgIpc) is 3.05. The standard InChI is InChI=1S/C17H23FN2O2/c1-3-10(2)16(21)13-5-4-12(17(19)22)14(8-18)15(13)11-6-7-20-9-11/h4-5,10-11,20H,3,6-9H2,1-2H3,(H2,19,22). The van der Waals surface area contributed by atoms with E-state index in [0.717, 1.165) is 19.4 Å². The maximum Gasteiger partial charge on any atom is 0.249 e. The Kier molecular flexibility index (Phi) is 5.29. The monoisotopic (exact) mass is 306 g/mol. The molecule has 1 aliphatic rings. The Bertz CT molecular complexity index is 580. The van der Waals surface area contributed by atoms with Gasteiger partial charge in [0.2, 0.25) is 5.91 Å². The molecule has 0 bridgehead atoms. The van der Waals surface area contributed by atoms with Crippen LogP contribution in [-0.4, -0.2) is 24.8 Å². The zero-order chi connectivity index (χ0) is 16.3. The predicted molar refractivity (Wildman–Crippen MR) is 83.8 cm³/mol. The van der Waals surface area contributed by atoms with Crippen LogP contribution in [0.1, 0.15) is 64.4 Å². The summed E-state index contributed by atoms with van der Waals surface area (Å²) in [6.07, 6.45) is 1.56. The van der Waals surface area contributed by atoms with Crippen LogP contribution >= 0.6 is 0 Å². The first kappa shape index (κ1) is 16.6. The van der Waals surface area contributed by atoms with Crippen molar-refractivity contribution < 1.29 is 14.0 Å². The van der Waals surface area contributed by atoms with Gasteiger partial charge in [-0.2, -0.15) is 0 Å². The van der Waals surface area contributed by atoms with Crippen molar-refractivity contribution in [3.8, 4) is 0 Å². The molecular weight excluding hydrogens is 283 g/mol. The lowest BCUT2D eigenvalue weighted by molar-refractivity contribution is 0.0923. The molecule has 1 heterocycles. The number of alkyl halides is 1. The third-order valence-electron chi connectivity index (χ3n) is 4.55. The van der Waals surface area contributed by atoms with E-state index >= 15 is 0 Å². The topological polar surface area (TPSA) is 72.2 Å². The van der Waals surface area contributed by atoms with E-state index in [0.29, 0.717) is 17.7 Å². The first-order chi connectivity index (χ1) is 10.5. The number of nitrogens with two attached hydrogens (primary N) is 1. The first-order valence-electron chi connectivity index (χ1n) is 7.77. The van der Waals surface area contributed by atoms with Gasteiger partial charge >= 0.3 is 0 Å². The van der Waals surface area contributed by atoms with Crippen LogP contribution in [0.4, 0.5) is 4.39 Å². The van der Waals surface area contributed by atoms with E-state index in [9.17, 15) is 14.0 Å². The van der Waals surface area contributed by atoms with E-state index in [4.69, 9.17) is 5.73 Å². The van der Waals surface area contributed by atoms with Crippen LogP contribution in [0.25, 0.3) is 0 Å². The minimum Gasteiger partial charge on any atom is -0.366 e. The third kappa shape index (κ3) is 3.04. The Morgan fingerprint density at radius 2 is 2.09 bits per heavy atom. The molecule has 2 unspecified atom stereocenters. The van der Waals surface area contributed by atoms with E-state index in [-0.39, 0.29) is 28.7 Å². The quantitative estimate of drug-likeness (QED) is 0.793. The third-order valence-corrected chi connectivity index (χ3v) is 4.55. The fourth-order valence-electron chi connectivity index (χ4n) is 3.07. The van der Waals surface area contributed by atoms with Crippen LogP contribution < -0.4 is 11.1 Å². The number of hydrogen-bond donors (Lipinski definition) is 2. The number of hydrogen-bond acceptors (Lipinski definition) is 3. The number of ketones is 1. The summed E-state index contributed by atoms with van der Waals surface area (Å²) in [6, 6.07) is 3.13.